The molecule has 0 spiro atoms. The van der Waals surface area contributed by atoms with Crippen LogP contribution in [0.5, 0.6) is 5.88 Å². The first-order valence-electron chi connectivity index (χ1n) is 6.26. The number of amides is 3. The molecular weight excluding hydrogens is 340 g/mol. The zero-order valence-corrected chi connectivity index (χ0v) is 12.5. The third kappa shape index (κ3) is 2.80. The number of rotatable bonds is 3. The van der Waals surface area contributed by atoms with Gasteiger partial charge in [-0.25, -0.2) is 14.8 Å². The zero-order valence-electron chi connectivity index (χ0n) is 10.9. The van der Waals surface area contributed by atoms with Crippen LogP contribution >= 0.6 is 15.9 Å². The fourth-order valence-electron chi connectivity index (χ4n) is 2.04. The number of halogens is 1. The number of aromatic nitrogens is 2. The van der Waals surface area contributed by atoms with E-state index in [1.165, 1.54) is 6.33 Å². The van der Waals surface area contributed by atoms with Gasteiger partial charge in [0, 0.05) is 17.6 Å². The summed E-state index contributed by atoms with van der Waals surface area (Å²) in [4.78, 5) is 32.6. The van der Waals surface area contributed by atoms with Crippen molar-refractivity contribution in [2.75, 3.05) is 19.7 Å². The number of carbonyl (C=O) groups excluding carboxylic acids is 2. The molecule has 2 aromatic rings. The molecule has 0 unspecified atom stereocenters. The van der Waals surface area contributed by atoms with E-state index in [4.69, 9.17) is 4.74 Å². The highest BCUT2D eigenvalue weighted by Crippen LogP contribution is 2.24. The van der Waals surface area contributed by atoms with Crippen molar-refractivity contribution in [3.05, 3.63) is 29.0 Å². The van der Waals surface area contributed by atoms with Gasteiger partial charge in [0.25, 0.3) is 5.91 Å². The first-order chi connectivity index (χ1) is 10.1. The third-order valence-electron chi connectivity index (χ3n) is 3.05. The summed E-state index contributed by atoms with van der Waals surface area (Å²) in [5, 5.41) is 3.26. The number of benzene rings is 1. The summed E-state index contributed by atoms with van der Waals surface area (Å²) in [7, 11) is 0. The van der Waals surface area contributed by atoms with Gasteiger partial charge >= 0.3 is 6.03 Å². The molecule has 21 heavy (non-hydrogen) atoms. The maximum atomic E-state index is 11.9. The predicted molar refractivity (Wildman–Crippen MR) is 77.8 cm³/mol. The number of nitrogens with one attached hydrogen (secondary N) is 1. The van der Waals surface area contributed by atoms with Gasteiger partial charge in [0.15, 0.2) is 6.61 Å². The molecule has 3 amide bonds. The topological polar surface area (TPSA) is 84.4 Å². The highest BCUT2D eigenvalue weighted by molar-refractivity contribution is 9.10. The van der Waals surface area contributed by atoms with Crippen LogP contribution in [0.4, 0.5) is 4.79 Å². The van der Waals surface area contributed by atoms with Crippen molar-refractivity contribution in [1.29, 1.82) is 0 Å². The van der Waals surface area contributed by atoms with E-state index in [1.54, 1.807) is 0 Å². The first-order valence-corrected chi connectivity index (χ1v) is 7.06. The Bertz CT molecular complexity index is 722. The van der Waals surface area contributed by atoms with Gasteiger partial charge in [0.05, 0.1) is 10.9 Å². The van der Waals surface area contributed by atoms with Crippen LogP contribution in [0.1, 0.15) is 0 Å². The molecule has 1 aromatic carbocycles. The Labute approximate surface area is 128 Å². The minimum Gasteiger partial charge on any atom is -0.467 e. The van der Waals surface area contributed by atoms with Crippen LogP contribution in [0.25, 0.3) is 10.9 Å². The number of hydrogen-bond acceptors (Lipinski definition) is 5. The fraction of sp³-hybridized carbons (Fsp3) is 0.231. The van der Waals surface area contributed by atoms with Crippen LogP contribution in [0.2, 0.25) is 0 Å². The molecule has 108 valence electrons. The number of carbonyl (C=O) groups is 2. The first kappa shape index (κ1) is 13.7. The summed E-state index contributed by atoms with van der Waals surface area (Å²) in [5.41, 5.74) is 0.717. The summed E-state index contributed by atoms with van der Waals surface area (Å²) in [5.74, 6) is -0.0824. The quantitative estimate of drug-likeness (QED) is 0.902. The average Bonchev–Trinajstić information content (AvgIpc) is 2.91. The predicted octanol–water partition coefficient (Wildman–Crippen LogP) is 1.32. The Morgan fingerprint density at radius 3 is 3.05 bits per heavy atom. The second-order valence-corrected chi connectivity index (χ2v) is 5.32. The molecule has 1 N–H and O–H groups in total. The van der Waals surface area contributed by atoms with Crippen LogP contribution in [0.15, 0.2) is 29.0 Å². The van der Waals surface area contributed by atoms with Crippen molar-refractivity contribution in [2.45, 2.75) is 0 Å². The zero-order chi connectivity index (χ0) is 14.8. The van der Waals surface area contributed by atoms with E-state index in [0.717, 1.165) is 14.9 Å². The summed E-state index contributed by atoms with van der Waals surface area (Å²) in [6.07, 6.45) is 1.37. The summed E-state index contributed by atoms with van der Waals surface area (Å²) in [6.45, 7) is 0.580. The Balaban J connectivity index is 1.77. The minimum atomic E-state index is -0.397. The monoisotopic (exact) mass is 350 g/mol. The van der Waals surface area contributed by atoms with Crippen molar-refractivity contribution in [2.24, 2.45) is 0 Å². The maximum Gasteiger partial charge on any atom is 0.324 e. The largest absolute Gasteiger partial charge is 0.467 e. The van der Waals surface area contributed by atoms with E-state index in [0.29, 0.717) is 24.4 Å². The molecule has 1 saturated heterocycles. The third-order valence-corrected chi connectivity index (χ3v) is 3.54. The van der Waals surface area contributed by atoms with Crippen LogP contribution < -0.4 is 10.1 Å². The molecule has 1 aromatic heterocycles. The van der Waals surface area contributed by atoms with Crippen LogP contribution in [-0.4, -0.2) is 46.5 Å². The van der Waals surface area contributed by atoms with Gasteiger partial charge in [0.1, 0.15) is 6.33 Å². The number of urea groups is 1. The molecule has 1 aliphatic heterocycles. The normalized spacial score (nSPS) is 14.3. The number of imide groups is 1. The second-order valence-electron chi connectivity index (χ2n) is 4.41. The van der Waals surface area contributed by atoms with Gasteiger partial charge in [-0.15, -0.1) is 0 Å². The van der Waals surface area contributed by atoms with Crippen molar-refractivity contribution >= 4 is 38.8 Å². The number of fused-ring (bicyclic) bond motifs is 1. The van der Waals surface area contributed by atoms with Crippen molar-refractivity contribution in [3.63, 3.8) is 0 Å². The Morgan fingerprint density at radius 2 is 2.29 bits per heavy atom. The van der Waals surface area contributed by atoms with Gasteiger partial charge in [-0.05, 0) is 18.2 Å². The summed E-state index contributed by atoms with van der Waals surface area (Å²) < 4.78 is 6.31. The molecule has 3 rings (SSSR count). The molecular formula is C13H11BrN4O3. The minimum absolute atomic E-state index is 0.244. The van der Waals surface area contributed by atoms with Crippen LogP contribution in [0, 0.1) is 0 Å². The molecule has 0 saturated carbocycles. The fourth-order valence-corrected chi connectivity index (χ4v) is 2.40. The molecule has 1 aliphatic rings. The van der Waals surface area contributed by atoms with Gasteiger partial charge in [-0.3, -0.25) is 9.69 Å². The molecule has 0 atom stereocenters. The Morgan fingerprint density at radius 1 is 1.43 bits per heavy atom. The van der Waals surface area contributed by atoms with E-state index >= 15 is 0 Å². The molecule has 0 radical (unpaired) electrons. The molecule has 8 heteroatoms. The second kappa shape index (κ2) is 5.65. The van der Waals surface area contributed by atoms with E-state index in [-0.39, 0.29) is 12.6 Å². The molecule has 0 aliphatic carbocycles. The molecule has 0 bridgehead atoms. The highest BCUT2D eigenvalue weighted by Gasteiger charge is 2.26. The van der Waals surface area contributed by atoms with Gasteiger partial charge in [-0.2, -0.15) is 0 Å². The SMILES string of the molecule is O=C(COc1ncnc2ccc(Br)cc12)N1CCNC1=O. The van der Waals surface area contributed by atoms with Crippen molar-refractivity contribution in [3.8, 4) is 5.88 Å². The van der Waals surface area contributed by atoms with E-state index in [9.17, 15) is 9.59 Å². The Kier molecular flexibility index (Phi) is 3.70. The lowest BCUT2D eigenvalue weighted by Gasteiger charge is -2.13. The average molecular weight is 351 g/mol. The highest BCUT2D eigenvalue weighted by atomic mass is 79.9. The lowest BCUT2D eigenvalue weighted by atomic mass is 10.2. The molecule has 2 heterocycles. The van der Waals surface area contributed by atoms with E-state index in [2.05, 4.69) is 31.2 Å². The Hall–Kier alpha value is -2.22. The maximum absolute atomic E-state index is 11.9. The van der Waals surface area contributed by atoms with Gasteiger partial charge < -0.3 is 10.1 Å². The van der Waals surface area contributed by atoms with Crippen LogP contribution in [0.3, 0.4) is 0 Å². The summed E-state index contributed by atoms with van der Waals surface area (Å²) in [6, 6.07) is 5.11. The van der Waals surface area contributed by atoms with Crippen LogP contribution in [-0.2, 0) is 4.79 Å². The lowest BCUT2D eigenvalue weighted by molar-refractivity contribution is -0.129. The van der Waals surface area contributed by atoms with Crippen molar-refractivity contribution < 1.29 is 14.3 Å². The molecule has 1 fully saturated rings. The number of nitrogens with zero attached hydrogens (tertiary/aromatic N) is 3. The number of ether oxygens (including phenoxy) is 1. The molecule has 7 nitrogen and oxygen atoms in total. The lowest BCUT2D eigenvalue weighted by Crippen LogP contribution is -2.37. The van der Waals surface area contributed by atoms with Crippen molar-refractivity contribution in [1.82, 2.24) is 20.2 Å². The van der Waals surface area contributed by atoms with Gasteiger partial charge in [0.2, 0.25) is 5.88 Å². The smallest absolute Gasteiger partial charge is 0.324 e. The van der Waals surface area contributed by atoms with E-state index < -0.39 is 5.91 Å². The number of hydrogen-bond donors (Lipinski definition) is 1. The van der Waals surface area contributed by atoms with Gasteiger partial charge in [-0.1, -0.05) is 15.9 Å². The van der Waals surface area contributed by atoms with E-state index in [1.807, 2.05) is 18.2 Å². The summed E-state index contributed by atoms with van der Waals surface area (Å²) >= 11 is 3.37. The standard InChI is InChI=1S/C13H11BrN4O3/c14-8-1-2-10-9(5-8)12(17-7-16-10)21-6-11(19)18-4-3-15-13(18)20/h1-2,5,7H,3-4,6H2,(H,15,20).